The highest BCUT2D eigenvalue weighted by molar-refractivity contribution is 5.03. The van der Waals surface area contributed by atoms with Crippen molar-refractivity contribution < 1.29 is 10.2 Å². The van der Waals surface area contributed by atoms with Gasteiger partial charge in [-0.15, -0.1) is 0 Å². The van der Waals surface area contributed by atoms with Gasteiger partial charge in [-0.25, -0.2) is 5.11 Å². The van der Waals surface area contributed by atoms with Gasteiger partial charge in [-0.1, -0.05) is 24.3 Å². The Morgan fingerprint density at radius 2 is 2.20 bits per heavy atom. The molecule has 0 heterocycles. The first-order valence-electron chi connectivity index (χ1n) is 3.37. The fourth-order valence-electron chi connectivity index (χ4n) is 0.520. The van der Waals surface area contributed by atoms with Gasteiger partial charge in [-0.05, 0) is 6.92 Å². The quantitative estimate of drug-likeness (QED) is 0.589. The van der Waals surface area contributed by atoms with E-state index in [2.05, 4.69) is 0 Å². The summed E-state index contributed by atoms with van der Waals surface area (Å²) in [7, 11) is 0. The molecule has 1 radical (unpaired) electrons. The summed E-state index contributed by atoms with van der Waals surface area (Å²) >= 11 is 0. The predicted molar refractivity (Wildman–Crippen MR) is 40.1 cm³/mol. The van der Waals surface area contributed by atoms with Gasteiger partial charge in [0, 0.05) is 6.42 Å². The van der Waals surface area contributed by atoms with Crippen molar-refractivity contribution in [2.75, 3.05) is 6.61 Å². The third-order valence-electron chi connectivity index (χ3n) is 1.05. The maximum atomic E-state index is 9.96. The second-order valence-electron chi connectivity index (χ2n) is 1.97. The van der Waals surface area contributed by atoms with Gasteiger partial charge in [0.25, 0.3) is 0 Å². The number of hydrogen-bond acceptors (Lipinski definition) is 1. The second-order valence-corrected chi connectivity index (χ2v) is 1.97. The average Bonchev–Trinajstić information content (AvgIpc) is 1.89. The Labute approximate surface area is 61.5 Å². The van der Waals surface area contributed by atoms with E-state index in [0.717, 1.165) is 0 Å². The van der Waals surface area contributed by atoms with Crippen LogP contribution in [0.3, 0.4) is 0 Å². The molecule has 0 spiro atoms. The first-order chi connectivity index (χ1) is 4.81. The molecule has 10 heavy (non-hydrogen) atoms. The van der Waals surface area contributed by atoms with E-state index in [-0.39, 0.29) is 6.61 Å². The summed E-state index contributed by atoms with van der Waals surface area (Å²) in [6.45, 7) is 1.67. The molecule has 0 saturated carbocycles. The van der Waals surface area contributed by atoms with Gasteiger partial charge in [0.2, 0.25) is 0 Å². The smallest absolute Gasteiger partial charge is 0.0850 e. The van der Waals surface area contributed by atoms with Crippen molar-refractivity contribution in [1.29, 1.82) is 0 Å². The highest BCUT2D eigenvalue weighted by Crippen LogP contribution is 1.92. The van der Waals surface area contributed by atoms with Gasteiger partial charge in [0.1, 0.15) is 0 Å². The molecule has 0 amide bonds. The topological polar surface area (TPSA) is 40.1 Å². The van der Waals surface area contributed by atoms with Gasteiger partial charge in [-0.2, -0.15) is 0 Å². The number of rotatable bonds is 4. The molecule has 57 valence electrons. The Kier molecular flexibility index (Phi) is 6.13. The Balaban J connectivity index is 3.44. The van der Waals surface area contributed by atoms with Crippen molar-refractivity contribution in [2.45, 2.75) is 19.4 Å². The minimum absolute atomic E-state index is 0.221. The van der Waals surface area contributed by atoms with Gasteiger partial charge in [0.15, 0.2) is 0 Å². The predicted octanol–water partition coefficient (Wildman–Crippen LogP) is 1.30. The molecule has 0 saturated heterocycles. The van der Waals surface area contributed by atoms with Crippen molar-refractivity contribution >= 4 is 0 Å². The highest BCUT2D eigenvalue weighted by Gasteiger charge is 1.94. The van der Waals surface area contributed by atoms with E-state index >= 15 is 0 Å². The molecule has 0 rings (SSSR count). The SMILES string of the molecule is CC=CC=CC(O)CC[O]. The van der Waals surface area contributed by atoms with E-state index in [4.69, 9.17) is 5.11 Å². The standard InChI is InChI=1S/C8H13O2/c1-2-3-4-5-8(10)6-7-9/h2-5,8,10H,6-7H2,1H3. The first-order valence-corrected chi connectivity index (χ1v) is 3.37. The molecule has 2 heteroatoms. The normalized spacial score (nSPS) is 15.1. The lowest BCUT2D eigenvalue weighted by Gasteiger charge is -1.98. The van der Waals surface area contributed by atoms with Crippen LogP contribution in [0.25, 0.3) is 0 Å². The number of aliphatic hydroxyl groups is 1. The number of aliphatic hydroxyl groups excluding tert-OH is 1. The highest BCUT2D eigenvalue weighted by atomic mass is 16.3. The van der Waals surface area contributed by atoms with Crippen molar-refractivity contribution in [1.82, 2.24) is 0 Å². The zero-order valence-corrected chi connectivity index (χ0v) is 6.16. The molecule has 0 bridgehead atoms. The Hall–Kier alpha value is -0.600. The van der Waals surface area contributed by atoms with Crippen LogP contribution in [-0.2, 0) is 5.11 Å². The fourth-order valence-corrected chi connectivity index (χ4v) is 0.520. The summed E-state index contributed by atoms with van der Waals surface area (Å²) in [6.07, 6.45) is 6.74. The maximum Gasteiger partial charge on any atom is 0.0850 e. The molecule has 0 aromatic carbocycles. The average molecular weight is 141 g/mol. The fraction of sp³-hybridized carbons (Fsp3) is 0.500. The van der Waals surface area contributed by atoms with Crippen molar-refractivity contribution in [3.63, 3.8) is 0 Å². The van der Waals surface area contributed by atoms with Gasteiger partial charge >= 0.3 is 0 Å². The number of allylic oxidation sites excluding steroid dienone is 3. The van der Waals surface area contributed by atoms with Gasteiger partial charge < -0.3 is 5.11 Å². The van der Waals surface area contributed by atoms with E-state index in [0.29, 0.717) is 6.42 Å². The maximum absolute atomic E-state index is 9.96. The molecule has 0 aliphatic heterocycles. The summed E-state index contributed by atoms with van der Waals surface area (Å²) < 4.78 is 0. The van der Waals surface area contributed by atoms with Crippen LogP contribution in [0.1, 0.15) is 13.3 Å². The van der Waals surface area contributed by atoms with Crippen molar-refractivity contribution in [3.05, 3.63) is 24.3 Å². The van der Waals surface area contributed by atoms with Crippen LogP contribution in [0.4, 0.5) is 0 Å². The van der Waals surface area contributed by atoms with Crippen molar-refractivity contribution in [3.8, 4) is 0 Å². The summed E-state index contributed by atoms with van der Waals surface area (Å²) in [5.41, 5.74) is 0. The van der Waals surface area contributed by atoms with E-state index in [9.17, 15) is 5.11 Å². The van der Waals surface area contributed by atoms with Crippen LogP contribution in [0.2, 0.25) is 0 Å². The van der Waals surface area contributed by atoms with E-state index < -0.39 is 6.10 Å². The molecule has 2 nitrogen and oxygen atoms in total. The molecule has 1 atom stereocenters. The lowest BCUT2D eigenvalue weighted by molar-refractivity contribution is 0.130. The molecule has 0 aromatic rings. The Morgan fingerprint density at radius 3 is 2.70 bits per heavy atom. The van der Waals surface area contributed by atoms with Crippen molar-refractivity contribution in [2.24, 2.45) is 0 Å². The molecule has 0 aliphatic rings. The largest absolute Gasteiger partial charge is 0.389 e. The van der Waals surface area contributed by atoms with Gasteiger partial charge in [-0.3, -0.25) is 0 Å². The zero-order valence-electron chi connectivity index (χ0n) is 6.16. The third kappa shape index (κ3) is 5.54. The lowest BCUT2D eigenvalue weighted by Crippen LogP contribution is -2.03. The molecular formula is C8H13O2. The lowest BCUT2D eigenvalue weighted by atomic mass is 10.2. The molecule has 1 unspecified atom stereocenters. The number of hydrogen-bond donors (Lipinski definition) is 1. The van der Waals surface area contributed by atoms with Crippen LogP contribution >= 0.6 is 0 Å². The monoisotopic (exact) mass is 141 g/mol. The summed E-state index contributed by atoms with van der Waals surface area (Å²) in [5.74, 6) is 0. The molecule has 1 N–H and O–H groups in total. The molecule has 0 aliphatic carbocycles. The summed E-state index contributed by atoms with van der Waals surface area (Å²) in [6, 6.07) is 0. The van der Waals surface area contributed by atoms with E-state index in [1.54, 1.807) is 12.2 Å². The molecular weight excluding hydrogens is 128 g/mol. The summed E-state index contributed by atoms with van der Waals surface area (Å²) in [4.78, 5) is 0. The van der Waals surface area contributed by atoms with Crippen LogP contribution in [-0.4, -0.2) is 17.8 Å². The van der Waals surface area contributed by atoms with Gasteiger partial charge in [0.05, 0.1) is 12.7 Å². The molecule has 0 fully saturated rings. The van der Waals surface area contributed by atoms with E-state index in [1.807, 2.05) is 19.1 Å². The van der Waals surface area contributed by atoms with E-state index in [1.165, 1.54) is 0 Å². The minimum atomic E-state index is -0.575. The van der Waals surface area contributed by atoms with Crippen LogP contribution in [0.5, 0.6) is 0 Å². The Morgan fingerprint density at radius 1 is 1.50 bits per heavy atom. The van der Waals surface area contributed by atoms with Crippen LogP contribution in [0.15, 0.2) is 24.3 Å². The summed E-state index contributed by atoms with van der Waals surface area (Å²) in [5, 5.41) is 18.9. The second kappa shape index (κ2) is 6.52. The van der Waals surface area contributed by atoms with Crippen LogP contribution < -0.4 is 0 Å². The zero-order chi connectivity index (χ0) is 7.82. The molecule has 0 aromatic heterocycles. The first kappa shape index (κ1) is 9.40. The Bertz CT molecular complexity index is 116. The third-order valence-corrected chi connectivity index (χ3v) is 1.05. The van der Waals surface area contributed by atoms with Crippen LogP contribution in [0, 0.1) is 0 Å². The minimum Gasteiger partial charge on any atom is -0.389 e.